The monoisotopic (exact) mass is 351 g/mol. The molecule has 1 aliphatic heterocycles. The number of hydrogen-bond donors (Lipinski definition) is 0. The highest BCUT2D eigenvalue weighted by Crippen LogP contribution is 2.18. The van der Waals surface area contributed by atoms with Crippen molar-refractivity contribution >= 4 is 16.0 Å². The van der Waals surface area contributed by atoms with Crippen molar-refractivity contribution in [2.24, 2.45) is 0 Å². The van der Waals surface area contributed by atoms with Crippen molar-refractivity contribution in [3.63, 3.8) is 0 Å². The smallest absolute Gasteiger partial charge is 0.331 e. The fourth-order valence-electron chi connectivity index (χ4n) is 2.18. The van der Waals surface area contributed by atoms with Gasteiger partial charge in [-0.25, -0.2) is 13.2 Å². The Bertz CT molecular complexity index is 718. The Labute approximate surface area is 142 Å². The summed E-state index contributed by atoms with van der Waals surface area (Å²) < 4.78 is 36.9. The van der Waals surface area contributed by atoms with E-state index < -0.39 is 16.0 Å². The van der Waals surface area contributed by atoms with Crippen molar-refractivity contribution in [3.8, 4) is 0 Å². The molecule has 1 aromatic rings. The van der Waals surface area contributed by atoms with Gasteiger partial charge in [-0.2, -0.15) is 4.31 Å². The molecule has 2 rings (SSSR count). The van der Waals surface area contributed by atoms with Gasteiger partial charge in [0.15, 0.2) is 0 Å². The van der Waals surface area contributed by atoms with Crippen LogP contribution in [0.1, 0.15) is 12.5 Å². The third-order valence-corrected chi connectivity index (χ3v) is 5.32. The molecule has 1 aromatic carbocycles. The lowest BCUT2D eigenvalue weighted by molar-refractivity contribution is -0.139. The Morgan fingerprint density at radius 1 is 1.29 bits per heavy atom. The fourth-order valence-corrected chi connectivity index (χ4v) is 3.66. The van der Waals surface area contributed by atoms with Crippen LogP contribution in [0.2, 0.25) is 0 Å². The lowest BCUT2D eigenvalue weighted by atomic mass is 10.2. The van der Waals surface area contributed by atoms with E-state index in [0.717, 1.165) is 0 Å². The second-order valence-corrected chi connectivity index (χ2v) is 7.09. The highest BCUT2D eigenvalue weighted by atomic mass is 32.2. The standard InChI is InChI=1S/C17H21NO5S/c1-2-3-4-8-17(19)23-14-15-6-5-7-16(13-15)24(20,21)18-9-11-22-12-10-18/h2-8,13H,9-12,14H2,1H3/b3-2+,8-4+. The van der Waals surface area contributed by atoms with Gasteiger partial charge >= 0.3 is 5.97 Å². The summed E-state index contributed by atoms with van der Waals surface area (Å²) in [5, 5.41) is 0. The first-order chi connectivity index (χ1) is 11.5. The van der Waals surface area contributed by atoms with Crippen LogP contribution in [-0.4, -0.2) is 45.0 Å². The molecule has 1 fully saturated rings. The minimum atomic E-state index is -3.55. The molecule has 1 aliphatic rings. The number of rotatable bonds is 6. The average molecular weight is 351 g/mol. The zero-order chi connectivity index (χ0) is 17.4. The number of ether oxygens (including phenoxy) is 2. The van der Waals surface area contributed by atoms with Crippen LogP contribution in [0.25, 0.3) is 0 Å². The third-order valence-electron chi connectivity index (χ3n) is 3.42. The molecule has 6 nitrogen and oxygen atoms in total. The molecular weight excluding hydrogens is 330 g/mol. The van der Waals surface area contributed by atoms with E-state index in [1.165, 1.54) is 16.4 Å². The van der Waals surface area contributed by atoms with Crippen molar-refractivity contribution in [3.05, 3.63) is 54.1 Å². The van der Waals surface area contributed by atoms with Crippen LogP contribution in [0, 0.1) is 0 Å². The number of morpholine rings is 1. The average Bonchev–Trinajstić information content (AvgIpc) is 2.61. The van der Waals surface area contributed by atoms with Gasteiger partial charge in [-0.1, -0.05) is 30.4 Å². The summed E-state index contributed by atoms with van der Waals surface area (Å²) in [6.07, 6.45) is 6.41. The fraction of sp³-hybridized carbons (Fsp3) is 0.353. The predicted octanol–water partition coefficient (Wildman–Crippen LogP) is 1.88. The molecule has 0 N–H and O–H groups in total. The van der Waals surface area contributed by atoms with E-state index in [2.05, 4.69) is 0 Å². The van der Waals surface area contributed by atoms with Gasteiger partial charge in [0, 0.05) is 19.2 Å². The molecule has 0 saturated carbocycles. The minimum absolute atomic E-state index is 0.0193. The number of sulfonamides is 1. The van der Waals surface area contributed by atoms with E-state index in [9.17, 15) is 13.2 Å². The lowest BCUT2D eigenvalue weighted by Crippen LogP contribution is -2.40. The Kier molecular flexibility index (Phi) is 6.72. The van der Waals surface area contributed by atoms with Crippen LogP contribution in [0.4, 0.5) is 0 Å². The molecule has 0 amide bonds. The van der Waals surface area contributed by atoms with Crippen LogP contribution >= 0.6 is 0 Å². The van der Waals surface area contributed by atoms with E-state index in [4.69, 9.17) is 9.47 Å². The number of allylic oxidation sites excluding steroid dienone is 3. The Balaban J connectivity index is 2.04. The lowest BCUT2D eigenvalue weighted by Gasteiger charge is -2.26. The number of esters is 1. The van der Waals surface area contributed by atoms with Crippen LogP contribution < -0.4 is 0 Å². The summed E-state index contributed by atoms with van der Waals surface area (Å²) in [6, 6.07) is 6.45. The van der Waals surface area contributed by atoms with Crippen molar-refractivity contribution in [1.29, 1.82) is 0 Å². The maximum absolute atomic E-state index is 12.6. The van der Waals surface area contributed by atoms with Crippen LogP contribution in [-0.2, 0) is 30.9 Å². The van der Waals surface area contributed by atoms with Crippen molar-refractivity contribution in [1.82, 2.24) is 4.31 Å². The molecule has 0 aromatic heterocycles. The Morgan fingerprint density at radius 2 is 2.04 bits per heavy atom. The number of carbonyl (C=O) groups excluding carboxylic acids is 1. The van der Waals surface area contributed by atoms with Gasteiger partial charge in [0.2, 0.25) is 10.0 Å². The number of carbonyl (C=O) groups is 1. The topological polar surface area (TPSA) is 72.9 Å². The molecule has 0 bridgehead atoms. The van der Waals surface area contributed by atoms with Gasteiger partial charge in [0.1, 0.15) is 6.61 Å². The molecule has 0 unspecified atom stereocenters. The largest absolute Gasteiger partial charge is 0.458 e. The van der Waals surface area contributed by atoms with Crippen molar-refractivity contribution in [2.75, 3.05) is 26.3 Å². The van der Waals surface area contributed by atoms with E-state index in [-0.39, 0.29) is 11.5 Å². The zero-order valence-corrected chi connectivity index (χ0v) is 14.4. The van der Waals surface area contributed by atoms with E-state index in [1.807, 2.05) is 6.92 Å². The normalized spacial score (nSPS) is 16.7. The highest BCUT2D eigenvalue weighted by molar-refractivity contribution is 7.89. The molecule has 0 atom stereocenters. The van der Waals surface area contributed by atoms with Gasteiger partial charge in [0.25, 0.3) is 0 Å². The van der Waals surface area contributed by atoms with Gasteiger partial charge < -0.3 is 9.47 Å². The summed E-state index contributed by atoms with van der Waals surface area (Å²) >= 11 is 0. The molecule has 1 saturated heterocycles. The van der Waals surface area contributed by atoms with Gasteiger partial charge in [0.05, 0.1) is 18.1 Å². The van der Waals surface area contributed by atoms with Crippen LogP contribution in [0.15, 0.2) is 53.5 Å². The molecule has 1 heterocycles. The first-order valence-corrected chi connectivity index (χ1v) is 9.11. The highest BCUT2D eigenvalue weighted by Gasteiger charge is 2.26. The van der Waals surface area contributed by atoms with Crippen molar-refractivity contribution < 1.29 is 22.7 Å². The summed E-state index contributed by atoms with van der Waals surface area (Å²) in [6.45, 7) is 3.35. The number of hydrogen-bond acceptors (Lipinski definition) is 5. The van der Waals surface area contributed by atoms with Gasteiger partial charge in [-0.3, -0.25) is 0 Å². The molecule has 0 spiro atoms. The molecule has 0 radical (unpaired) electrons. The zero-order valence-electron chi connectivity index (χ0n) is 13.6. The quantitative estimate of drug-likeness (QED) is 0.444. The molecule has 130 valence electrons. The number of benzene rings is 1. The Hall–Kier alpha value is -1.96. The van der Waals surface area contributed by atoms with Crippen LogP contribution in [0.3, 0.4) is 0 Å². The first-order valence-electron chi connectivity index (χ1n) is 7.67. The minimum Gasteiger partial charge on any atom is -0.458 e. The van der Waals surface area contributed by atoms with E-state index in [1.54, 1.807) is 36.4 Å². The van der Waals surface area contributed by atoms with E-state index >= 15 is 0 Å². The van der Waals surface area contributed by atoms with Gasteiger partial charge in [-0.15, -0.1) is 0 Å². The first kappa shape index (κ1) is 18.4. The van der Waals surface area contributed by atoms with Crippen molar-refractivity contribution in [2.45, 2.75) is 18.4 Å². The van der Waals surface area contributed by atoms with Crippen LogP contribution in [0.5, 0.6) is 0 Å². The van der Waals surface area contributed by atoms with Gasteiger partial charge in [-0.05, 0) is 24.6 Å². The Morgan fingerprint density at radius 3 is 2.75 bits per heavy atom. The summed E-state index contributed by atoms with van der Waals surface area (Å²) in [5.41, 5.74) is 0.622. The molecule has 7 heteroatoms. The molecule has 24 heavy (non-hydrogen) atoms. The molecule has 0 aliphatic carbocycles. The third kappa shape index (κ3) is 5.02. The summed E-state index contributed by atoms with van der Waals surface area (Å²) in [7, 11) is -3.55. The second kappa shape index (κ2) is 8.77. The van der Waals surface area contributed by atoms with E-state index in [0.29, 0.717) is 31.9 Å². The summed E-state index contributed by atoms with van der Waals surface area (Å²) in [5.74, 6) is -0.477. The number of nitrogens with zero attached hydrogens (tertiary/aromatic N) is 1. The SMILES string of the molecule is C/C=C/C=C/C(=O)OCc1cccc(S(=O)(=O)N2CCOCC2)c1. The second-order valence-electron chi connectivity index (χ2n) is 5.16. The molecular formula is C17H21NO5S. The predicted molar refractivity (Wildman–Crippen MR) is 89.8 cm³/mol. The summed E-state index contributed by atoms with van der Waals surface area (Å²) in [4.78, 5) is 11.7. The maximum Gasteiger partial charge on any atom is 0.331 e. The maximum atomic E-state index is 12.6.